The molecule has 2 aromatic carbocycles. The van der Waals surface area contributed by atoms with Crippen molar-refractivity contribution >= 4 is 39.7 Å². The maximum absolute atomic E-state index is 12.8. The lowest BCUT2D eigenvalue weighted by atomic mass is 10.1. The predicted octanol–water partition coefficient (Wildman–Crippen LogP) is 4.26. The van der Waals surface area contributed by atoms with Crippen LogP contribution in [-0.2, 0) is 11.8 Å². The molecule has 0 saturated heterocycles. The highest BCUT2D eigenvalue weighted by Crippen LogP contribution is 2.28. The van der Waals surface area contributed by atoms with Gasteiger partial charge in [-0.15, -0.1) is 10.2 Å². The number of hydrogen-bond donors (Lipinski definition) is 1. The summed E-state index contributed by atoms with van der Waals surface area (Å²) >= 11 is 1.36. The van der Waals surface area contributed by atoms with Crippen LogP contribution in [0.4, 0.5) is 0 Å². The molecule has 0 saturated carbocycles. The molecule has 6 nitrogen and oxygen atoms in total. The first-order valence-electron chi connectivity index (χ1n) is 9.68. The minimum Gasteiger partial charge on any atom is -0.349 e. The van der Waals surface area contributed by atoms with Gasteiger partial charge in [-0.3, -0.25) is 4.79 Å². The van der Waals surface area contributed by atoms with E-state index in [0.29, 0.717) is 11.6 Å². The fourth-order valence-corrected chi connectivity index (χ4v) is 4.25. The first-order valence-corrected chi connectivity index (χ1v) is 10.6. The van der Waals surface area contributed by atoms with Gasteiger partial charge in [-0.05, 0) is 25.0 Å². The number of thioether (sulfide) groups is 1. The number of aromatic nitrogens is 4. The van der Waals surface area contributed by atoms with Crippen LogP contribution in [0.15, 0.2) is 59.8 Å². The van der Waals surface area contributed by atoms with Crippen LogP contribution in [0.25, 0.3) is 22.1 Å². The smallest absolute Gasteiger partial charge is 0.234 e. The van der Waals surface area contributed by atoms with Gasteiger partial charge in [-0.2, -0.15) is 0 Å². The van der Waals surface area contributed by atoms with Crippen LogP contribution in [0, 0.1) is 0 Å². The molecule has 0 bridgehead atoms. The molecule has 0 aliphatic carbocycles. The standard InChI is InChI=1S/C22H23N5OS/c1-4-18(21(28)23-14(2)15-10-6-5-7-11-15)29-22-24-20-19(25-26-22)16-12-8-9-13-17(16)27(20)3/h5-14,18H,4H2,1-3H3,(H,23,28)/t14-,18-/m1/s1. The molecule has 2 heterocycles. The summed E-state index contributed by atoms with van der Waals surface area (Å²) in [5.74, 6) is -0.0189. The van der Waals surface area contributed by atoms with Gasteiger partial charge >= 0.3 is 0 Å². The summed E-state index contributed by atoms with van der Waals surface area (Å²) < 4.78 is 2.02. The van der Waals surface area contributed by atoms with Gasteiger partial charge in [0.05, 0.1) is 16.8 Å². The maximum Gasteiger partial charge on any atom is 0.234 e. The molecule has 29 heavy (non-hydrogen) atoms. The van der Waals surface area contributed by atoms with Gasteiger partial charge in [0.15, 0.2) is 5.65 Å². The first-order chi connectivity index (χ1) is 14.1. The number of nitrogens with zero attached hydrogens (tertiary/aromatic N) is 4. The SMILES string of the molecule is CC[C@@H](Sc1nnc2c3ccccc3n(C)c2n1)C(=O)N[C@H](C)c1ccccc1. The second-order valence-electron chi connectivity index (χ2n) is 7.00. The summed E-state index contributed by atoms with van der Waals surface area (Å²) in [5.41, 5.74) is 3.70. The molecule has 0 spiro atoms. The first kappa shape index (κ1) is 19.4. The van der Waals surface area contributed by atoms with Crippen molar-refractivity contribution in [3.8, 4) is 0 Å². The monoisotopic (exact) mass is 405 g/mol. The Labute approximate surface area is 173 Å². The number of nitrogens with one attached hydrogen (secondary N) is 1. The summed E-state index contributed by atoms with van der Waals surface area (Å²) in [6.45, 7) is 3.98. The molecule has 4 aromatic rings. The third-order valence-corrected chi connectivity index (χ3v) is 6.27. The lowest BCUT2D eigenvalue weighted by Crippen LogP contribution is -2.34. The maximum atomic E-state index is 12.8. The van der Waals surface area contributed by atoms with E-state index >= 15 is 0 Å². The van der Waals surface area contributed by atoms with Crippen molar-refractivity contribution in [3.63, 3.8) is 0 Å². The van der Waals surface area contributed by atoms with Crippen LogP contribution < -0.4 is 5.32 Å². The number of carbonyl (C=O) groups is 1. The number of carbonyl (C=O) groups excluding carboxylic acids is 1. The van der Waals surface area contributed by atoms with Crippen molar-refractivity contribution < 1.29 is 4.79 Å². The van der Waals surface area contributed by atoms with Crippen LogP contribution in [0.2, 0.25) is 0 Å². The quantitative estimate of drug-likeness (QED) is 0.485. The Kier molecular flexibility index (Phi) is 5.49. The number of fused-ring (bicyclic) bond motifs is 3. The molecule has 2 aromatic heterocycles. The molecule has 0 radical (unpaired) electrons. The van der Waals surface area contributed by atoms with Crippen molar-refractivity contribution in [1.82, 2.24) is 25.1 Å². The second-order valence-corrected chi connectivity index (χ2v) is 8.17. The van der Waals surface area contributed by atoms with Crippen LogP contribution in [0.1, 0.15) is 31.9 Å². The van der Waals surface area contributed by atoms with E-state index in [1.807, 2.05) is 80.1 Å². The Morgan fingerprint density at radius 3 is 2.59 bits per heavy atom. The number of benzene rings is 2. The molecule has 0 aliphatic heterocycles. The Bertz CT molecular complexity index is 1160. The van der Waals surface area contributed by atoms with Crippen LogP contribution >= 0.6 is 11.8 Å². The summed E-state index contributed by atoms with van der Waals surface area (Å²) in [7, 11) is 1.97. The average molecular weight is 406 g/mol. The van der Waals surface area contributed by atoms with E-state index in [9.17, 15) is 4.79 Å². The van der Waals surface area contributed by atoms with Crippen molar-refractivity contribution in [2.24, 2.45) is 7.05 Å². The highest BCUT2D eigenvalue weighted by Gasteiger charge is 2.22. The number of rotatable bonds is 6. The molecule has 148 valence electrons. The molecule has 7 heteroatoms. The fourth-order valence-electron chi connectivity index (χ4n) is 3.42. The third-order valence-electron chi connectivity index (χ3n) is 5.06. The highest BCUT2D eigenvalue weighted by molar-refractivity contribution is 8.00. The van der Waals surface area contributed by atoms with Gasteiger partial charge in [0.25, 0.3) is 0 Å². The molecular formula is C22H23N5OS. The zero-order valence-electron chi connectivity index (χ0n) is 16.7. The van der Waals surface area contributed by atoms with Crippen LogP contribution in [-0.4, -0.2) is 30.9 Å². The highest BCUT2D eigenvalue weighted by atomic mass is 32.2. The molecule has 0 unspecified atom stereocenters. The zero-order chi connectivity index (χ0) is 20.4. The Morgan fingerprint density at radius 2 is 1.83 bits per heavy atom. The second kappa shape index (κ2) is 8.21. The van der Waals surface area contributed by atoms with Gasteiger partial charge in [-0.1, -0.05) is 67.2 Å². The minimum atomic E-state index is -0.282. The van der Waals surface area contributed by atoms with E-state index < -0.39 is 0 Å². The number of hydrogen-bond acceptors (Lipinski definition) is 5. The van der Waals surface area contributed by atoms with Gasteiger partial charge < -0.3 is 9.88 Å². The van der Waals surface area contributed by atoms with E-state index in [-0.39, 0.29) is 17.2 Å². The topological polar surface area (TPSA) is 72.7 Å². The molecule has 1 amide bonds. The van der Waals surface area contributed by atoms with E-state index in [2.05, 4.69) is 15.5 Å². The number of aryl methyl sites for hydroxylation is 1. The lowest BCUT2D eigenvalue weighted by molar-refractivity contribution is -0.121. The predicted molar refractivity (Wildman–Crippen MR) is 117 cm³/mol. The molecule has 2 atom stereocenters. The Balaban J connectivity index is 1.55. The summed E-state index contributed by atoms with van der Waals surface area (Å²) in [5, 5.41) is 13.0. The van der Waals surface area contributed by atoms with E-state index in [0.717, 1.165) is 27.6 Å². The van der Waals surface area contributed by atoms with E-state index in [1.54, 1.807) is 0 Å². The summed E-state index contributed by atoms with van der Waals surface area (Å²) in [6, 6.07) is 17.9. The van der Waals surface area contributed by atoms with Crippen molar-refractivity contribution in [2.45, 2.75) is 36.7 Å². The molecule has 0 fully saturated rings. The average Bonchev–Trinajstić information content (AvgIpc) is 3.04. The van der Waals surface area contributed by atoms with E-state index in [4.69, 9.17) is 4.98 Å². The summed E-state index contributed by atoms with van der Waals surface area (Å²) in [4.78, 5) is 17.5. The minimum absolute atomic E-state index is 0.0189. The Hall–Kier alpha value is -2.93. The van der Waals surface area contributed by atoms with Gasteiger partial charge in [0.2, 0.25) is 11.1 Å². The van der Waals surface area contributed by atoms with E-state index in [1.165, 1.54) is 11.8 Å². The number of amides is 1. The third kappa shape index (κ3) is 3.82. The lowest BCUT2D eigenvalue weighted by Gasteiger charge is -2.18. The Morgan fingerprint density at radius 1 is 1.10 bits per heavy atom. The van der Waals surface area contributed by atoms with Gasteiger partial charge in [0.1, 0.15) is 5.52 Å². The van der Waals surface area contributed by atoms with Crippen molar-refractivity contribution in [3.05, 3.63) is 60.2 Å². The van der Waals surface area contributed by atoms with Gasteiger partial charge in [-0.25, -0.2) is 4.98 Å². The molecular weight excluding hydrogens is 382 g/mol. The van der Waals surface area contributed by atoms with Crippen molar-refractivity contribution in [2.75, 3.05) is 0 Å². The van der Waals surface area contributed by atoms with Gasteiger partial charge in [0, 0.05) is 12.4 Å². The largest absolute Gasteiger partial charge is 0.349 e. The van der Waals surface area contributed by atoms with Crippen molar-refractivity contribution in [1.29, 1.82) is 0 Å². The van der Waals surface area contributed by atoms with Crippen LogP contribution in [0.5, 0.6) is 0 Å². The van der Waals surface area contributed by atoms with Crippen LogP contribution in [0.3, 0.4) is 0 Å². The fraction of sp³-hybridized carbons (Fsp3) is 0.273. The normalized spacial score (nSPS) is 13.5. The summed E-state index contributed by atoms with van der Waals surface area (Å²) in [6.07, 6.45) is 0.675. The molecule has 4 rings (SSSR count). The number of para-hydroxylation sites is 1. The molecule has 0 aliphatic rings. The zero-order valence-corrected chi connectivity index (χ0v) is 17.5. The molecule has 1 N–H and O–H groups in total.